The van der Waals surface area contributed by atoms with Crippen molar-refractivity contribution < 1.29 is 14.4 Å². The number of fused-ring (bicyclic) bond motifs is 1. The highest BCUT2D eigenvalue weighted by atomic mass is 32.2. The van der Waals surface area contributed by atoms with Crippen LogP contribution in [0.4, 0.5) is 5.69 Å². The Bertz CT molecular complexity index is 786. The maximum absolute atomic E-state index is 13.3. The molecule has 0 unspecified atom stereocenters. The van der Waals surface area contributed by atoms with E-state index in [1.807, 2.05) is 24.3 Å². The number of nitrogens with one attached hydrogen (secondary N) is 1. The summed E-state index contributed by atoms with van der Waals surface area (Å²) in [6.07, 6.45) is 9.99. The Hall–Kier alpha value is -2.02. The number of anilines is 1. The smallest absolute Gasteiger partial charge is 0.250 e. The Labute approximate surface area is 182 Å². The maximum atomic E-state index is 13.3. The van der Waals surface area contributed by atoms with Crippen LogP contribution >= 0.6 is 11.8 Å². The molecule has 1 aliphatic carbocycles. The summed E-state index contributed by atoms with van der Waals surface area (Å²) in [4.78, 5) is 43.3. The number of amides is 3. The van der Waals surface area contributed by atoms with Crippen LogP contribution in [0.5, 0.6) is 0 Å². The summed E-state index contributed by atoms with van der Waals surface area (Å²) >= 11 is 1.32. The summed E-state index contributed by atoms with van der Waals surface area (Å²) in [5.41, 5.74) is 0.728. The average Bonchev–Trinajstić information content (AvgIpc) is 3.26. The maximum Gasteiger partial charge on any atom is 0.250 e. The minimum Gasteiger partial charge on any atom is -0.352 e. The lowest BCUT2D eigenvalue weighted by Crippen LogP contribution is -2.52. The van der Waals surface area contributed by atoms with Crippen molar-refractivity contribution in [2.45, 2.75) is 74.0 Å². The van der Waals surface area contributed by atoms with E-state index in [-0.39, 0.29) is 30.3 Å². The predicted octanol–water partition coefficient (Wildman–Crippen LogP) is 3.35. The number of thioether (sulfide) groups is 1. The van der Waals surface area contributed by atoms with Crippen LogP contribution in [0.2, 0.25) is 0 Å². The first-order valence-electron chi connectivity index (χ1n) is 11.3. The van der Waals surface area contributed by atoms with Gasteiger partial charge in [-0.15, -0.1) is 11.8 Å². The Kier molecular flexibility index (Phi) is 6.97. The zero-order chi connectivity index (χ0) is 20.9. The third kappa shape index (κ3) is 4.82. The fraction of sp³-hybridized carbons (Fsp3) is 0.609. The standard InChI is InChI=1S/C23H31N3O3S/c27-20(24-17-10-4-2-1-3-5-11-17)16-26-18-12-6-7-13-19(18)30-21(23(26)29)22(28)25-14-8-9-15-25/h6-7,12-13,17,21H,1-5,8-11,14-16H2,(H,24,27)/t21-/m1/s1. The van der Waals surface area contributed by atoms with Crippen molar-refractivity contribution in [3.8, 4) is 0 Å². The number of hydrogen-bond donors (Lipinski definition) is 1. The van der Waals surface area contributed by atoms with Crippen molar-refractivity contribution in [1.29, 1.82) is 0 Å². The van der Waals surface area contributed by atoms with Crippen molar-refractivity contribution in [2.24, 2.45) is 0 Å². The normalized spacial score (nSPS) is 22.9. The molecule has 0 aromatic heterocycles. The zero-order valence-corrected chi connectivity index (χ0v) is 18.3. The summed E-state index contributed by atoms with van der Waals surface area (Å²) in [5, 5.41) is 2.35. The van der Waals surface area contributed by atoms with Gasteiger partial charge in [0.05, 0.1) is 5.69 Å². The first-order valence-corrected chi connectivity index (χ1v) is 12.2. The molecule has 3 amide bonds. The van der Waals surface area contributed by atoms with Crippen LogP contribution in [0.1, 0.15) is 57.8 Å². The van der Waals surface area contributed by atoms with Gasteiger partial charge in [0.2, 0.25) is 11.8 Å². The highest BCUT2D eigenvalue weighted by Crippen LogP contribution is 2.40. The lowest BCUT2D eigenvalue weighted by atomic mass is 9.97. The fourth-order valence-corrected chi connectivity index (χ4v) is 5.85. The molecule has 6 nitrogen and oxygen atoms in total. The van der Waals surface area contributed by atoms with Crippen molar-refractivity contribution in [1.82, 2.24) is 10.2 Å². The summed E-state index contributed by atoms with van der Waals surface area (Å²) in [6, 6.07) is 7.75. The molecular formula is C23H31N3O3S. The van der Waals surface area contributed by atoms with E-state index in [4.69, 9.17) is 0 Å². The molecule has 0 bridgehead atoms. The van der Waals surface area contributed by atoms with Gasteiger partial charge in [0.15, 0.2) is 5.25 Å². The topological polar surface area (TPSA) is 69.7 Å². The first kappa shape index (κ1) is 21.2. The van der Waals surface area contributed by atoms with Crippen molar-refractivity contribution in [2.75, 3.05) is 24.5 Å². The Morgan fingerprint density at radius 1 is 0.967 bits per heavy atom. The van der Waals surface area contributed by atoms with E-state index in [0.29, 0.717) is 13.1 Å². The lowest BCUT2D eigenvalue weighted by Gasteiger charge is -2.34. The largest absolute Gasteiger partial charge is 0.352 e. The van der Waals surface area contributed by atoms with Gasteiger partial charge in [-0.2, -0.15) is 0 Å². The van der Waals surface area contributed by atoms with Gasteiger partial charge in [0.25, 0.3) is 5.91 Å². The van der Waals surface area contributed by atoms with E-state index < -0.39 is 5.25 Å². The number of carbonyl (C=O) groups excluding carboxylic acids is 3. The molecule has 2 heterocycles. The number of likely N-dealkylation sites (tertiary alicyclic amines) is 1. The third-order valence-electron chi connectivity index (χ3n) is 6.31. The van der Waals surface area contributed by atoms with E-state index in [1.54, 1.807) is 4.90 Å². The van der Waals surface area contributed by atoms with Gasteiger partial charge in [-0.05, 0) is 37.8 Å². The van der Waals surface area contributed by atoms with Crippen molar-refractivity contribution in [3.05, 3.63) is 24.3 Å². The quantitative estimate of drug-likeness (QED) is 0.746. The van der Waals surface area contributed by atoms with Gasteiger partial charge in [0, 0.05) is 24.0 Å². The van der Waals surface area contributed by atoms with Crippen LogP contribution in [0.15, 0.2) is 29.2 Å². The molecular weight excluding hydrogens is 398 g/mol. The second-order valence-corrected chi connectivity index (χ2v) is 9.68. The summed E-state index contributed by atoms with van der Waals surface area (Å²) in [7, 11) is 0. The number of benzene rings is 1. The number of carbonyl (C=O) groups is 3. The summed E-state index contributed by atoms with van der Waals surface area (Å²) in [6.45, 7) is 1.40. The molecule has 0 radical (unpaired) electrons. The molecule has 30 heavy (non-hydrogen) atoms. The second kappa shape index (κ2) is 9.86. The van der Waals surface area contributed by atoms with Crippen LogP contribution in [0.25, 0.3) is 0 Å². The number of para-hydroxylation sites is 1. The zero-order valence-electron chi connectivity index (χ0n) is 17.5. The SMILES string of the molecule is O=C(CN1C(=O)[C@@H](C(=O)N2CCCC2)Sc2ccccc21)NC1CCCCCCC1. The van der Waals surface area contributed by atoms with Crippen molar-refractivity contribution >= 4 is 35.2 Å². The molecule has 1 atom stereocenters. The molecule has 7 heteroatoms. The molecule has 1 aromatic rings. The van der Waals surface area contributed by atoms with Gasteiger partial charge in [-0.3, -0.25) is 14.4 Å². The number of nitrogens with zero attached hydrogens (tertiary/aromatic N) is 2. The number of hydrogen-bond acceptors (Lipinski definition) is 4. The third-order valence-corrected chi connectivity index (χ3v) is 7.54. The fourth-order valence-electron chi connectivity index (χ4n) is 4.66. The van der Waals surface area contributed by atoms with E-state index >= 15 is 0 Å². The van der Waals surface area contributed by atoms with Gasteiger partial charge in [0.1, 0.15) is 6.54 Å². The molecule has 1 saturated heterocycles. The Morgan fingerprint density at radius 2 is 1.63 bits per heavy atom. The van der Waals surface area contributed by atoms with E-state index in [0.717, 1.165) is 49.1 Å². The lowest BCUT2D eigenvalue weighted by molar-refractivity contribution is -0.134. The van der Waals surface area contributed by atoms with Gasteiger partial charge in [-0.25, -0.2) is 0 Å². The van der Waals surface area contributed by atoms with Crippen LogP contribution < -0.4 is 10.2 Å². The highest BCUT2D eigenvalue weighted by Gasteiger charge is 2.41. The van der Waals surface area contributed by atoms with Crippen LogP contribution in [-0.4, -0.2) is 53.5 Å². The highest BCUT2D eigenvalue weighted by molar-refractivity contribution is 8.01. The molecule has 4 rings (SSSR count). The van der Waals surface area contributed by atoms with Crippen LogP contribution in [0, 0.1) is 0 Å². The van der Waals surface area contributed by atoms with Gasteiger partial charge in [-0.1, -0.05) is 44.2 Å². The Balaban J connectivity index is 1.48. The molecule has 3 aliphatic rings. The number of rotatable bonds is 4. The summed E-state index contributed by atoms with van der Waals surface area (Å²) < 4.78 is 0. The van der Waals surface area contributed by atoms with E-state index in [1.165, 1.54) is 35.9 Å². The molecule has 2 fully saturated rings. The van der Waals surface area contributed by atoms with Gasteiger partial charge >= 0.3 is 0 Å². The average molecular weight is 430 g/mol. The minimum atomic E-state index is -0.799. The molecule has 162 valence electrons. The van der Waals surface area contributed by atoms with Gasteiger partial charge < -0.3 is 15.1 Å². The second-order valence-electron chi connectivity index (χ2n) is 8.53. The predicted molar refractivity (Wildman–Crippen MR) is 119 cm³/mol. The van der Waals surface area contributed by atoms with E-state index in [2.05, 4.69) is 5.32 Å². The summed E-state index contributed by atoms with van der Waals surface area (Å²) in [5.74, 6) is -0.533. The molecule has 0 spiro atoms. The molecule has 2 aliphatic heterocycles. The van der Waals surface area contributed by atoms with Crippen LogP contribution in [0.3, 0.4) is 0 Å². The molecule has 1 saturated carbocycles. The monoisotopic (exact) mass is 429 g/mol. The first-order chi connectivity index (χ1) is 14.6. The van der Waals surface area contributed by atoms with Crippen molar-refractivity contribution in [3.63, 3.8) is 0 Å². The molecule has 1 aromatic carbocycles. The molecule has 1 N–H and O–H groups in total. The van der Waals surface area contributed by atoms with Crippen LogP contribution in [-0.2, 0) is 14.4 Å². The Morgan fingerprint density at radius 3 is 2.37 bits per heavy atom. The minimum absolute atomic E-state index is 0.0311. The van der Waals surface area contributed by atoms with E-state index in [9.17, 15) is 14.4 Å².